The fourth-order valence-electron chi connectivity index (χ4n) is 2.55. The molecule has 3 rings (SSSR count). The van der Waals surface area contributed by atoms with Crippen LogP contribution < -0.4 is 10.1 Å². The molecule has 1 aromatic heterocycles. The van der Waals surface area contributed by atoms with E-state index in [-0.39, 0.29) is 5.75 Å². The molecule has 0 amide bonds. The molecule has 3 aromatic rings. The number of ether oxygens (including phenoxy) is 1. The third-order valence-electron chi connectivity index (χ3n) is 4.13. The average Bonchev–Trinajstić information content (AvgIpc) is 3.10. The van der Waals surface area contributed by atoms with Gasteiger partial charge in [0.1, 0.15) is 0 Å². The lowest BCUT2D eigenvalue weighted by Crippen LogP contribution is -2.09. The lowest BCUT2D eigenvalue weighted by molar-refractivity contribution is -0.159. The van der Waals surface area contributed by atoms with Crippen LogP contribution >= 0.6 is 23.2 Å². The van der Waals surface area contributed by atoms with Gasteiger partial charge in [-0.3, -0.25) is 0 Å². The highest BCUT2D eigenvalue weighted by Gasteiger charge is 2.12. The number of methoxy groups -OCH3 is 1. The van der Waals surface area contributed by atoms with Crippen molar-refractivity contribution in [2.24, 2.45) is 7.05 Å². The van der Waals surface area contributed by atoms with Crippen molar-refractivity contribution in [2.45, 2.75) is 6.54 Å². The summed E-state index contributed by atoms with van der Waals surface area (Å²) in [7, 11) is 3.42. The maximum atomic E-state index is 10.2. The van der Waals surface area contributed by atoms with Gasteiger partial charge in [0.2, 0.25) is 5.95 Å². The van der Waals surface area contributed by atoms with Crippen LogP contribution in [0.5, 0.6) is 11.5 Å². The summed E-state index contributed by atoms with van der Waals surface area (Å²) in [6, 6.07) is 10.8. The SMILES string of the molecule is COc1cccc(CNc2ncc(-c3ccc(Cl)c(Cl)c3)n2C)c1O.O=C(O)C(=O)O. The molecular weight excluding hydrogens is 449 g/mol. The first-order valence-electron chi connectivity index (χ1n) is 8.67. The van der Waals surface area contributed by atoms with Gasteiger partial charge in [-0.05, 0) is 18.2 Å². The first-order chi connectivity index (χ1) is 14.6. The van der Waals surface area contributed by atoms with E-state index in [0.717, 1.165) is 16.8 Å². The van der Waals surface area contributed by atoms with Gasteiger partial charge < -0.3 is 29.9 Å². The Kier molecular flexibility index (Phi) is 8.12. The van der Waals surface area contributed by atoms with Crippen molar-refractivity contribution in [2.75, 3.05) is 12.4 Å². The monoisotopic (exact) mass is 467 g/mol. The Morgan fingerprint density at radius 2 is 1.81 bits per heavy atom. The number of hydrogen-bond acceptors (Lipinski definition) is 6. The minimum Gasteiger partial charge on any atom is -0.504 e. The van der Waals surface area contributed by atoms with Crippen molar-refractivity contribution >= 4 is 41.1 Å². The molecule has 0 bridgehead atoms. The molecule has 0 atom stereocenters. The Morgan fingerprint density at radius 3 is 2.39 bits per heavy atom. The van der Waals surface area contributed by atoms with E-state index in [1.54, 1.807) is 24.4 Å². The lowest BCUT2D eigenvalue weighted by Gasteiger charge is -2.11. The smallest absolute Gasteiger partial charge is 0.414 e. The number of aromatic hydroxyl groups is 1. The number of aliphatic carboxylic acids is 2. The van der Waals surface area contributed by atoms with Crippen LogP contribution in [0.15, 0.2) is 42.6 Å². The number of carbonyl (C=O) groups is 2. The number of nitrogens with zero attached hydrogens (tertiary/aromatic N) is 2. The number of imidazole rings is 1. The molecule has 0 aliphatic rings. The molecule has 2 aromatic carbocycles. The van der Waals surface area contributed by atoms with Gasteiger partial charge in [-0.25, -0.2) is 14.6 Å². The van der Waals surface area contributed by atoms with Gasteiger partial charge in [0.15, 0.2) is 11.5 Å². The predicted octanol–water partition coefficient (Wildman–Crippen LogP) is 3.88. The minimum absolute atomic E-state index is 0.122. The van der Waals surface area contributed by atoms with Crippen molar-refractivity contribution in [3.05, 3.63) is 58.2 Å². The molecule has 11 heteroatoms. The third kappa shape index (κ3) is 6.03. The molecule has 0 radical (unpaired) electrons. The molecule has 0 aliphatic heterocycles. The van der Waals surface area contributed by atoms with Crippen molar-refractivity contribution in [1.82, 2.24) is 9.55 Å². The van der Waals surface area contributed by atoms with E-state index in [2.05, 4.69) is 10.3 Å². The summed E-state index contributed by atoms with van der Waals surface area (Å²) in [6.07, 6.45) is 1.76. The zero-order chi connectivity index (χ0) is 23.1. The normalized spacial score (nSPS) is 10.1. The van der Waals surface area contributed by atoms with Gasteiger partial charge in [-0.2, -0.15) is 0 Å². The number of carboxylic acid groups (broad SMARTS) is 2. The van der Waals surface area contributed by atoms with Gasteiger partial charge in [0, 0.05) is 24.7 Å². The van der Waals surface area contributed by atoms with Gasteiger partial charge >= 0.3 is 11.9 Å². The van der Waals surface area contributed by atoms with Crippen molar-refractivity contribution in [3.63, 3.8) is 0 Å². The molecule has 0 aliphatic carbocycles. The highest BCUT2D eigenvalue weighted by Crippen LogP contribution is 2.31. The molecule has 4 N–H and O–H groups in total. The van der Waals surface area contributed by atoms with E-state index in [0.29, 0.717) is 28.3 Å². The summed E-state index contributed by atoms with van der Waals surface area (Å²) in [6.45, 7) is 0.411. The largest absolute Gasteiger partial charge is 0.504 e. The van der Waals surface area contributed by atoms with E-state index in [4.69, 9.17) is 47.7 Å². The number of rotatable bonds is 5. The highest BCUT2D eigenvalue weighted by molar-refractivity contribution is 6.42. The van der Waals surface area contributed by atoms with Crippen LogP contribution in [0.3, 0.4) is 0 Å². The molecule has 0 spiro atoms. The number of phenols is 1. The standard InChI is InChI=1S/C18H17Cl2N3O2.C2H2O4/c1-23-15(11-6-7-13(19)14(20)8-11)10-22-18(23)21-9-12-4-3-5-16(25-2)17(12)24;3-1(4)2(5)6/h3-8,10,24H,9H2,1-2H3,(H,21,22);(H,3,4)(H,5,6). The van der Waals surface area contributed by atoms with Crippen LogP contribution in [-0.2, 0) is 23.2 Å². The van der Waals surface area contributed by atoms with Crippen LogP contribution in [0.25, 0.3) is 11.3 Å². The second-order valence-electron chi connectivity index (χ2n) is 6.09. The molecule has 0 saturated heterocycles. The van der Waals surface area contributed by atoms with Crippen LogP contribution in [0, 0.1) is 0 Å². The van der Waals surface area contributed by atoms with Crippen molar-refractivity contribution < 1.29 is 29.6 Å². The number of nitrogens with one attached hydrogen (secondary N) is 1. The van der Waals surface area contributed by atoms with Gasteiger partial charge in [0.05, 0.1) is 29.0 Å². The number of carboxylic acids is 2. The molecule has 164 valence electrons. The summed E-state index contributed by atoms with van der Waals surface area (Å²) in [5.74, 6) is -2.42. The molecule has 0 unspecified atom stereocenters. The van der Waals surface area contributed by atoms with E-state index < -0.39 is 11.9 Å². The fourth-order valence-corrected chi connectivity index (χ4v) is 2.84. The maximum absolute atomic E-state index is 10.2. The first-order valence-corrected chi connectivity index (χ1v) is 9.43. The molecule has 0 fully saturated rings. The molecule has 1 heterocycles. The number of hydrogen-bond donors (Lipinski definition) is 4. The Morgan fingerprint density at radius 1 is 1.13 bits per heavy atom. The van der Waals surface area contributed by atoms with Crippen molar-refractivity contribution in [3.8, 4) is 22.8 Å². The molecule has 0 saturated carbocycles. The van der Waals surface area contributed by atoms with Gasteiger partial charge in [-0.1, -0.05) is 41.4 Å². The van der Waals surface area contributed by atoms with Crippen LogP contribution in [0.2, 0.25) is 10.0 Å². The summed E-state index contributed by atoms with van der Waals surface area (Å²) in [5.41, 5.74) is 2.54. The Balaban J connectivity index is 0.000000501. The quantitative estimate of drug-likeness (QED) is 0.415. The number of halogens is 2. The van der Waals surface area contributed by atoms with E-state index in [1.165, 1.54) is 7.11 Å². The van der Waals surface area contributed by atoms with Crippen LogP contribution in [-0.4, -0.2) is 43.9 Å². The predicted molar refractivity (Wildman–Crippen MR) is 116 cm³/mol. The molecule has 9 nitrogen and oxygen atoms in total. The number of phenolic OH excluding ortho intramolecular Hbond substituents is 1. The Bertz CT molecular complexity index is 1090. The zero-order valence-electron chi connectivity index (χ0n) is 16.5. The second-order valence-corrected chi connectivity index (χ2v) is 6.90. The molecular formula is C20H19Cl2N3O6. The Hall–Kier alpha value is -3.43. The maximum Gasteiger partial charge on any atom is 0.414 e. The summed E-state index contributed by atoms with van der Waals surface area (Å²) in [5, 5.41) is 29.2. The fraction of sp³-hybridized carbons (Fsp3) is 0.150. The van der Waals surface area contributed by atoms with Crippen LogP contribution in [0.1, 0.15) is 5.56 Å². The first kappa shape index (κ1) is 23.8. The number of anilines is 1. The van der Waals surface area contributed by atoms with Gasteiger partial charge in [0.25, 0.3) is 0 Å². The lowest BCUT2D eigenvalue weighted by atomic mass is 10.2. The zero-order valence-corrected chi connectivity index (χ0v) is 18.0. The number of para-hydroxylation sites is 1. The number of benzene rings is 2. The van der Waals surface area contributed by atoms with Crippen LogP contribution in [0.4, 0.5) is 5.95 Å². The minimum atomic E-state index is -1.82. The average molecular weight is 468 g/mol. The van der Waals surface area contributed by atoms with E-state index in [1.807, 2.05) is 29.8 Å². The highest BCUT2D eigenvalue weighted by atomic mass is 35.5. The summed E-state index contributed by atoms with van der Waals surface area (Å²) >= 11 is 12.1. The topological polar surface area (TPSA) is 134 Å². The van der Waals surface area contributed by atoms with E-state index >= 15 is 0 Å². The second kappa shape index (κ2) is 10.6. The van der Waals surface area contributed by atoms with Gasteiger partial charge in [-0.15, -0.1) is 0 Å². The van der Waals surface area contributed by atoms with E-state index in [9.17, 15) is 5.11 Å². The summed E-state index contributed by atoms with van der Waals surface area (Å²) < 4.78 is 7.04. The molecule has 31 heavy (non-hydrogen) atoms. The number of aromatic nitrogens is 2. The Labute approximate surface area is 187 Å². The summed E-state index contributed by atoms with van der Waals surface area (Å²) in [4.78, 5) is 22.6. The van der Waals surface area contributed by atoms with Crippen molar-refractivity contribution in [1.29, 1.82) is 0 Å². The third-order valence-corrected chi connectivity index (χ3v) is 4.86.